The van der Waals surface area contributed by atoms with Crippen molar-refractivity contribution in [3.8, 4) is 22.8 Å². The van der Waals surface area contributed by atoms with Crippen molar-refractivity contribution in [1.82, 2.24) is 10.2 Å². The number of nitrogen functional groups attached to an aromatic ring is 1. The van der Waals surface area contributed by atoms with Gasteiger partial charge in [0.15, 0.2) is 17.3 Å². The van der Waals surface area contributed by atoms with Gasteiger partial charge in [-0.15, -0.1) is 10.2 Å². The number of halogens is 1. The van der Waals surface area contributed by atoms with Crippen LogP contribution in [0.3, 0.4) is 0 Å². The van der Waals surface area contributed by atoms with E-state index >= 15 is 0 Å². The number of fused-ring (bicyclic) bond motifs is 1. The van der Waals surface area contributed by atoms with Crippen LogP contribution in [0.5, 0.6) is 11.5 Å². The minimum Gasteiger partial charge on any atom is -0.454 e. The van der Waals surface area contributed by atoms with Crippen molar-refractivity contribution in [2.24, 2.45) is 0 Å². The summed E-state index contributed by atoms with van der Waals surface area (Å²) < 4.78 is 11.3. The molecule has 5 nitrogen and oxygen atoms in total. The monoisotopic (exact) mass is 293 g/mol. The van der Waals surface area contributed by atoms with E-state index in [4.69, 9.17) is 15.2 Å². The largest absolute Gasteiger partial charge is 0.454 e. The molecule has 86 valence electrons. The maximum Gasteiger partial charge on any atom is 0.231 e. The Bertz CT molecular complexity index is 589. The summed E-state index contributed by atoms with van der Waals surface area (Å²) in [5, 5.41) is 7.89. The van der Waals surface area contributed by atoms with Gasteiger partial charge in [-0.2, -0.15) is 0 Å². The summed E-state index contributed by atoms with van der Waals surface area (Å²) in [5.74, 6) is 1.84. The second-order valence-corrected chi connectivity index (χ2v) is 4.39. The lowest BCUT2D eigenvalue weighted by Gasteiger charge is -2.03. The van der Waals surface area contributed by atoms with Gasteiger partial charge in [0, 0.05) is 5.56 Å². The first-order valence-corrected chi connectivity index (χ1v) is 5.72. The molecule has 0 aliphatic carbocycles. The minimum absolute atomic E-state index is 0.260. The summed E-state index contributed by atoms with van der Waals surface area (Å²) in [6.07, 6.45) is 0. The molecule has 2 N–H and O–H groups in total. The second kappa shape index (κ2) is 3.89. The third-order valence-corrected chi connectivity index (χ3v) is 3.08. The van der Waals surface area contributed by atoms with Crippen LogP contribution >= 0.6 is 15.9 Å². The highest BCUT2D eigenvalue weighted by atomic mass is 79.9. The van der Waals surface area contributed by atoms with Crippen LogP contribution in [0, 0.1) is 0 Å². The molecule has 1 aromatic heterocycles. The van der Waals surface area contributed by atoms with Gasteiger partial charge in [0.25, 0.3) is 0 Å². The first kappa shape index (κ1) is 10.3. The molecule has 0 spiro atoms. The van der Waals surface area contributed by atoms with E-state index in [1.54, 1.807) is 0 Å². The van der Waals surface area contributed by atoms with Crippen LogP contribution < -0.4 is 15.2 Å². The number of aromatic nitrogens is 2. The summed E-state index contributed by atoms with van der Waals surface area (Å²) >= 11 is 3.32. The number of ether oxygens (including phenoxy) is 2. The summed E-state index contributed by atoms with van der Waals surface area (Å²) in [5.41, 5.74) is 7.22. The van der Waals surface area contributed by atoms with E-state index < -0.39 is 0 Å². The lowest BCUT2D eigenvalue weighted by molar-refractivity contribution is 0.174. The Morgan fingerprint density at radius 3 is 2.76 bits per heavy atom. The van der Waals surface area contributed by atoms with Gasteiger partial charge in [-0.25, -0.2) is 0 Å². The molecule has 0 saturated heterocycles. The average Bonchev–Trinajstić information content (AvgIpc) is 2.79. The number of hydrogen-bond donors (Lipinski definition) is 1. The third-order valence-electron chi connectivity index (χ3n) is 2.44. The summed E-state index contributed by atoms with van der Waals surface area (Å²) in [4.78, 5) is 0. The smallest absolute Gasteiger partial charge is 0.231 e. The maximum absolute atomic E-state index is 5.59. The second-order valence-electron chi connectivity index (χ2n) is 3.53. The van der Waals surface area contributed by atoms with E-state index in [1.165, 1.54) is 0 Å². The maximum atomic E-state index is 5.59. The number of benzene rings is 1. The molecular formula is C11H8BrN3O2. The van der Waals surface area contributed by atoms with Crippen molar-refractivity contribution in [3.63, 3.8) is 0 Å². The Labute approximate surface area is 106 Å². The molecule has 0 bridgehead atoms. The zero-order chi connectivity index (χ0) is 11.8. The first-order valence-electron chi connectivity index (χ1n) is 4.93. The number of anilines is 1. The van der Waals surface area contributed by atoms with Gasteiger partial charge >= 0.3 is 0 Å². The lowest BCUT2D eigenvalue weighted by Crippen LogP contribution is -1.96. The van der Waals surface area contributed by atoms with Crippen LogP contribution in [0.25, 0.3) is 11.3 Å². The molecule has 1 aliphatic rings. The highest BCUT2D eigenvalue weighted by molar-refractivity contribution is 9.10. The van der Waals surface area contributed by atoms with E-state index in [2.05, 4.69) is 26.1 Å². The van der Waals surface area contributed by atoms with Crippen LogP contribution in [0.1, 0.15) is 0 Å². The summed E-state index contributed by atoms with van der Waals surface area (Å²) in [7, 11) is 0. The Hall–Kier alpha value is -1.82. The molecule has 1 aliphatic heterocycles. The Morgan fingerprint density at radius 1 is 1.12 bits per heavy atom. The molecular weight excluding hydrogens is 286 g/mol. The van der Waals surface area contributed by atoms with Gasteiger partial charge in [0.2, 0.25) is 6.79 Å². The molecule has 0 fully saturated rings. The van der Waals surface area contributed by atoms with Gasteiger partial charge in [-0.3, -0.25) is 0 Å². The normalized spacial score (nSPS) is 12.8. The van der Waals surface area contributed by atoms with Gasteiger partial charge in [0.05, 0.1) is 10.2 Å². The summed E-state index contributed by atoms with van der Waals surface area (Å²) in [6.45, 7) is 0.260. The van der Waals surface area contributed by atoms with Crippen molar-refractivity contribution >= 4 is 21.7 Å². The zero-order valence-corrected chi connectivity index (χ0v) is 10.3. The molecule has 0 amide bonds. The Morgan fingerprint density at radius 2 is 1.94 bits per heavy atom. The fourth-order valence-electron chi connectivity index (χ4n) is 1.58. The minimum atomic E-state index is 0.260. The third kappa shape index (κ3) is 1.80. The fraction of sp³-hybridized carbons (Fsp3) is 0.0909. The van der Waals surface area contributed by atoms with Crippen molar-refractivity contribution in [2.75, 3.05) is 12.5 Å². The van der Waals surface area contributed by atoms with Crippen LogP contribution in [0.4, 0.5) is 5.82 Å². The van der Waals surface area contributed by atoms with Crippen molar-refractivity contribution in [3.05, 3.63) is 28.7 Å². The molecule has 6 heteroatoms. The van der Waals surface area contributed by atoms with Gasteiger partial charge in [0.1, 0.15) is 0 Å². The molecule has 2 aromatic rings. The Balaban J connectivity index is 2.06. The van der Waals surface area contributed by atoms with E-state index in [0.717, 1.165) is 27.2 Å². The SMILES string of the molecule is Nc1nnc(-c2ccc3c(c2)OCO3)cc1Br. The van der Waals surface area contributed by atoms with Gasteiger partial charge in [-0.1, -0.05) is 0 Å². The topological polar surface area (TPSA) is 70.3 Å². The molecule has 2 heterocycles. The first-order chi connectivity index (χ1) is 8.24. The average molecular weight is 294 g/mol. The molecule has 0 unspecified atom stereocenters. The fourth-order valence-corrected chi connectivity index (χ4v) is 1.87. The van der Waals surface area contributed by atoms with Crippen LogP contribution in [0.15, 0.2) is 28.7 Å². The number of nitrogens with zero attached hydrogens (tertiary/aromatic N) is 2. The van der Waals surface area contributed by atoms with Crippen molar-refractivity contribution in [2.45, 2.75) is 0 Å². The molecule has 0 atom stereocenters. The van der Waals surface area contributed by atoms with Gasteiger partial charge in [-0.05, 0) is 40.2 Å². The predicted molar refractivity (Wildman–Crippen MR) is 65.7 cm³/mol. The van der Waals surface area contributed by atoms with Crippen LogP contribution in [-0.4, -0.2) is 17.0 Å². The number of nitrogens with two attached hydrogens (primary N) is 1. The zero-order valence-electron chi connectivity index (χ0n) is 8.68. The van der Waals surface area contributed by atoms with Crippen molar-refractivity contribution < 1.29 is 9.47 Å². The predicted octanol–water partition coefficient (Wildman–Crippen LogP) is 2.22. The molecule has 0 radical (unpaired) electrons. The van der Waals surface area contributed by atoms with E-state index in [9.17, 15) is 0 Å². The van der Waals surface area contributed by atoms with Crippen molar-refractivity contribution in [1.29, 1.82) is 0 Å². The highest BCUT2D eigenvalue weighted by Crippen LogP contribution is 2.35. The van der Waals surface area contributed by atoms with Gasteiger partial charge < -0.3 is 15.2 Å². The number of hydrogen-bond acceptors (Lipinski definition) is 5. The summed E-state index contributed by atoms with van der Waals surface area (Å²) in [6, 6.07) is 7.44. The quantitative estimate of drug-likeness (QED) is 0.873. The Kier molecular flexibility index (Phi) is 2.36. The lowest BCUT2D eigenvalue weighted by atomic mass is 10.1. The standard InChI is InChI=1S/C11H8BrN3O2/c12-7-4-8(14-15-11(7)13)6-1-2-9-10(3-6)17-5-16-9/h1-4H,5H2,(H2,13,15). The highest BCUT2D eigenvalue weighted by Gasteiger charge is 2.14. The molecule has 1 aromatic carbocycles. The van der Waals surface area contributed by atoms with E-state index in [-0.39, 0.29) is 6.79 Å². The van der Waals surface area contributed by atoms with E-state index in [1.807, 2.05) is 24.3 Å². The van der Waals surface area contributed by atoms with E-state index in [0.29, 0.717) is 5.82 Å². The molecule has 3 rings (SSSR count). The number of rotatable bonds is 1. The molecule has 0 saturated carbocycles. The van der Waals surface area contributed by atoms with Crippen LogP contribution in [-0.2, 0) is 0 Å². The molecule has 17 heavy (non-hydrogen) atoms. The van der Waals surface area contributed by atoms with Crippen LogP contribution in [0.2, 0.25) is 0 Å².